The summed E-state index contributed by atoms with van der Waals surface area (Å²) < 4.78 is 5.79. The van der Waals surface area contributed by atoms with Crippen LogP contribution in [0.15, 0.2) is 28.7 Å². The number of aliphatic hydroxyl groups excluding tert-OH is 1. The predicted octanol–water partition coefficient (Wildman–Crippen LogP) is 3.39. The third kappa shape index (κ3) is 3.33. The van der Waals surface area contributed by atoms with Crippen LogP contribution in [-0.2, 0) is 6.42 Å². The van der Waals surface area contributed by atoms with E-state index in [1.165, 1.54) is 19.4 Å². The second-order valence-electron chi connectivity index (χ2n) is 6.59. The molecule has 0 radical (unpaired) electrons. The van der Waals surface area contributed by atoms with Crippen molar-refractivity contribution in [1.29, 1.82) is 0 Å². The molecule has 1 saturated heterocycles. The molecule has 1 N–H and O–H groups in total. The molecule has 1 fully saturated rings. The van der Waals surface area contributed by atoms with E-state index in [-0.39, 0.29) is 5.54 Å². The maximum Gasteiger partial charge on any atom is 0.195 e. The third-order valence-corrected chi connectivity index (χ3v) is 4.94. The summed E-state index contributed by atoms with van der Waals surface area (Å²) in [4.78, 5) is 7.13. The lowest BCUT2D eigenvalue weighted by molar-refractivity contribution is 0.130. The first kappa shape index (κ1) is 15.5. The Morgan fingerprint density at radius 2 is 2.18 bits per heavy atom. The van der Waals surface area contributed by atoms with Crippen LogP contribution in [0.25, 0.3) is 11.1 Å². The monoisotopic (exact) mass is 302 g/mol. The van der Waals surface area contributed by atoms with Crippen molar-refractivity contribution in [3.63, 3.8) is 0 Å². The van der Waals surface area contributed by atoms with E-state index < -0.39 is 0 Å². The van der Waals surface area contributed by atoms with Crippen LogP contribution >= 0.6 is 0 Å². The van der Waals surface area contributed by atoms with E-state index >= 15 is 0 Å². The van der Waals surface area contributed by atoms with Gasteiger partial charge in [0.05, 0.1) is 0 Å². The molecular weight excluding hydrogens is 276 g/mol. The Morgan fingerprint density at radius 3 is 3.00 bits per heavy atom. The van der Waals surface area contributed by atoms with Gasteiger partial charge in [-0.1, -0.05) is 12.1 Å². The summed E-state index contributed by atoms with van der Waals surface area (Å²) in [6.07, 6.45) is 6.47. The van der Waals surface area contributed by atoms with Gasteiger partial charge in [0.2, 0.25) is 0 Å². The van der Waals surface area contributed by atoms with Gasteiger partial charge in [-0.05, 0) is 64.3 Å². The number of likely N-dealkylation sites (tertiary alicyclic amines) is 1. The van der Waals surface area contributed by atoms with Crippen LogP contribution in [0.4, 0.5) is 0 Å². The van der Waals surface area contributed by atoms with Crippen molar-refractivity contribution < 1.29 is 9.52 Å². The molecule has 1 aliphatic rings. The SMILES string of the molecule is CC1(CCCO)CCCN1CCCc1nc2ccccc2o1. The van der Waals surface area contributed by atoms with Crippen molar-refractivity contribution in [3.8, 4) is 0 Å². The highest BCUT2D eigenvalue weighted by atomic mass is 16.3. The first-order valence-corrected chi connectivity index (χ1v) is 8.42. The molecule has 120 valence electrons. The molecule has 4 nitrogen and oxygen atoms in total. The highest BCUT2D eigenvalue weighted by Gasteiger charge is 2.35. The zero-order chi connectivity index (χ0) is 15.4. The molecule has 0 amide bonds. The van der Waals surface area contributed by atoms with Gasteiger partial charge in [-0.2, -0.15) is 0 Å². The molecule has 1 atom stereocenters. The standard InChI is InChI=1S/C18H26N2O2/c1-18(11-6-14-21)10-5-13-20(18)12-4-9-17-19-15-7-2-3-8-16(15)22-17/h2-3,7-8,21H,4-6,9-14H2,1H3. The summed E-state index contributed by atoms with van der Waals surface area (Å²) in [7, 11) is 0. The molecule has 1 aromatic carbocycles. The fourth-order valence-electron chi connectivity index (χ4n) is 3.65. The van der Waals surface area contributed by atoms with Crippen LogP contribution in [0.2, 0.25) is 0 Å². The maximum absolute atomic E-state index is 9.08. The Bertz CT molecular complexity index is 577. The van der Waals surface area contributed by atoms with E-state index in [1.54, 1.807) is 0 Å². The van der Waals surface area contributed by atoms with Crippen LogP contribution < -0.4 is 0 Å². The van der Waals surface area contributed by atoms with Gasteiger partial charge in [0.25, 0.3) is 0 Å². The summed E-state index contributed by atoms with van der Waals surface area (Å²) in [6, 6.07) is 7.94. The van der Waals surface area contributed by atoms with Gasteiger partial charge in [-0.3, -0.25) is 4.90 Å². The van der Waals surface area contributed by atoms with Gasteiger partial charge in [0, 0.05) is 18.6 Å². The Labute approximate surface area is 132 Å². The molecule has 22 heavy (non-hydrogen) atoms. The van der Waals surface area contributed by atoms with E-state index in [0.29, 0.717) is 6.61 Å². The largest absolute Gasteiger partial charge is 0.441 e. The number of para-hydroxylation sites is 2. The lowest BCUT2D eigenvalue weighted by Crippen LogP contribution is -2.41. The van der Waals surface area contributed by atoms with Gasteiger partial charge in [-0.15, -0.1) is 0 Å². The number of nitrogens with zero attached hydrogens (tertiary/aromatic N) is 2. The Balaban J connectivity index is 1.53. The molecule has 0 spiro atoms. The Kier molecular flexibility index (Phi) is 4.79. The zero-order valence-corrected chi connectivity index (χ0v) is 13.4. The minimum Gasteiger partial charge on any atom is -0.441 e. The number of fused-ring (bicyclic) bond motifs is 1. The fourth-order valence-corrected chi connectivity index (χ4v) is 3.65. The van der Waals surface area contributed by atoms with Crippen LogP contribution in [0.5, 0.6) is 0 Å². The molecule has 1 aromatic heterocycles. The van der Waals surface area contributed by atoms with Gasteiger partial charge in [-0.25, -0.2) is 4.98 Å². The molecule has 3 rings (SSSR count). The third-order valence-electron chi connectivity index (χ3n) is 4.94. The normalized spacial score (nSPS) is 22.6. The summed E-state index contributed by atoms with van der Waals surface area (Å²) in [5.74, 6) is 0.845. The Hall–Kier alpha value is -1.39. The second-order valence-corrected chi connectivity index (χ2v) is 6.59. The molecule has 0 bridgehead atoms. The first-order chi connectivity index (χ1) is 10.7. The number of hydrogen-bond donors (Lipinski definition) is 1. The van der Waals surface area contributed by atoms with Crippen LogP contribution in [-0.4, -0.2) is 40.2 Å². The number of oxazole rings is 1. The van der Waals surface area contributed by atoms with Crippen LogP contribution in [0.1, 0.15) is 44.9 Å². The highest BCUT2D eigenvalue weighted by Crippen LogP contribution is 2.33. The minimum absolute atomic E-state index is 0.268. The molecule has 2 heterocycles. The van der Waals surface area contributed by atoms with Gasteiger partial charge in [0.15, 0.2) is 11.5 Å². The van der Waals surface area contributed by atoms with Crippen LogP contribution in [0.3, 0.4) is 0 Å². The van der Waals surface area contributed by atoms with Gasteiger partial charge < -0.3 is 9.52 Å². The van der Waals surface area contributed by atoms with Crippen molar-refractivity contribution in [2.75, 3.05) is 19.7 Å². The highest BCUT2D eigenvalue weighted by molar-refractivity contribution is 5.72. The summed E-state index contributed by atoms with van der Waals surface area (Å²) >= 11 is 0. The van der Waals surface area contributed by atoms with Crippen molar-refractivity contribution in [1.82, 2.24) is 9.88 Å². The average molecular weight is 302 g/mol. The lowest BCUT2D eigenvalue weighted by atomic mass is 9.92. The molecule has 4 heteroatoms. The van der Waals surface area contributed by atoms with E-state index in [9.17, 15) is 0 Å². The molecule has 2 aromatic rings. The smallest absolute Gasteiger partial charge is 0.195 e. The van der Waals surface area contributed by atoms with Crippen molar-refractivity contribution in [2.24, 2.45) is 0 Å². The number of aliphatic hydroxyl groups is 1. The number of rotatable bonds is 7. The number of hydrogen-bond acceptors (Lipinski definition) is 4. The molecular formula is C18H26N2O2. The predicted molar refractivity (Wildman–Crippen MR) is 87.9 cm³/mol. The second kappa shape index (κ2) is 6.80. The topological polar surface area (TPSA) is 49.5 Å². The average Bonchev–Trinajstić information content (AvgIpc) is 3.09. The van der Waals surface area contributed by atoms with Crippen molar-refractivity contribution in [3.05, 3.63) is 30.2 Å². The summed E-state index contributed by atoms with van der Waals surface area (Å²) in [5.41, 5.74) is 2.10. The lowest BCUT2D eigenvalue weighted by Gasteiger charge is -2.35. The zero-order valence-electron chi connectivity index (χ0n) is 13.4. The minimum atomic E-state index is 0.268. The van der Waals surface area contributed by atoms with E-state index in [2.05, 4.69) is 16.8 Å². The van der Waals surface area contributed by atoms with Crippen molar-refractivity contribution >= 4 is 11.1 Å². The molecule has 0 saturated carbocycles. The number of aryl methyl sites for hydroxylation is 1. The first-order valence-electron chi connectivity index (χ1n) is 8.42. The van der Waals surface area contributed by atoms with Gasteiger partial charge in [0.1, 0.15) is 5.52 Å². The molecule has 0 aliphatic carbocycles. The number of benzene rings is 1. The number of aromatic nitrogens is 1. The van der Waals surface area contributed by atoms with E-state index in [1.807, 2.05) is 24.3 Å². The summed E-state index contributed by atoms with van der Waals surface area (Å²) in [6.45, 7) is 4.90. The fraction of sp³-hybridized carbons (Fsp3) is 0.611. The molecule has 1 aliphatic heterocycles. The summed E-state index contributed by atoms with van der Waals surface area (Å²) in [5, 5.41) is 9.08. The van der Waals surface area contributed by atoms with E-state index in [0.717, 1.165) is 49.2 Å². The molecule has 1 unspecified atom stereocenters. The van der Waals surface area contributed by atoms with Crippen LogP contribution in [0, 0.1) is 0 Å². The van der Waals surface area contributed by atoms with Gasteiger partial charge >= 0.3 is 0 Å². The quantitative estimate of drug-likeness (QED) is 0.852. The van der Waals surface area contributed by atoms with E-state index in [4.69, 9.17) is 9.52 Å². The van der Waals surface area contributed by atoms with Crippen molar-refractivity contribution in [2.45, 2.75) is 51.0 Å². The Morgan fingerprint density at radius 1 is 1.32 bits per heavy atom. The maximum atomic E-state index is 9.08.